The second kappa shape index (κ2) is 6.94. The molecule has 0 aliphatic carbocycles. The van der Waals surface area contributed by atoms with Gasteiger partial charge in [0.2, 0.25) is 0 Å². The molecular formula is C11H18F3NO3. The van der Waals surface area contributed by atoms with E-state index in [-0.39, 0.29) is 19.0 Å². The number of carboxylic acids is 1. The number of hydrogen-bond acceptors (Lipinski definition) is 3. The summed E-state index contributed by atoms with van der Waals surface area (Å²) in [4.78, 5) is 12.4. The van der Waals surface area contributed by atoms with E-state index in [0.717, 1.165) is 19.3 Å². The molecule has 1 unspecified atom stereocenters. The van der Waals surface area contributed by atoms with Crippen molar-refractivity contribution in [1.29, 1.82) is 0 Å². The predicted molar refractivity (Wildman–Crippen MR) is 58.1 cm³/mol. The fourth-order valence-corrected chi connectivity index (χ4v) is 2.25. The number of nitrogens with zero attached hydrogens (tertiary/aromatic N) is 1. The second-order valence-electron chi connectivity index (χ2n) is 4.41. The van der Waals surface area contributed by atoms with Gasteiger partial charge in [-0.2, -0.15) is 0 Å². The van der Waals surface area contributed by atoms with Crippen LogP contribution in [0.1, 0.15) is 32.1 Å². The molecule has 1 atom stereocenters. The molecule has 1 saturated heterocycles. The lowest BCUT2D eigenvalue weighted by Gasteiger charge is -2.35. The molecule has 7 heteroatoms. The van der Waals surface area contributed by atoms with E-state index >= 15 is 0 Å². The summed E-state index contributed by atoms with van der Waals surface area (Å²) < 4.78 is 39.3. The van der Waals surface area contributed by atoms with Crippen LogP contribution in [0.3, 0.4) is 0 Å². The van der Waals surface area contributed by atoms with E-state index in [0.29, 0.717) is 13.0 Å². The Labute approximate surface area is 104 Å². The summed E-state index contributed by atoms with van der Waals surface area (Å²) in [7, 11) is 0. The van der Waals surface area contributed by atoms with Crippen LogP contribution in [-0.4, -0.2) is 48.1 Å². The molecule has 1 aliphatic rings. The third-order valence-electron chi connectivity index (χ3n) is 3.08. The minimum Gasteiger partial charge on any atom is -0.481 e. The topological polar surface area (TPSA) is 49.8 Å². The molecule has 0 radical (unpaired) electrons. The van der Waals surface area contributed by atoms with Crippen molar-refractivity contribution in [3.05, 3.63) is 0 Å². The smallest absolute Gasteiger partial charge is 0.481 e. The first kappa shape index (κ1) is 15.2. The summed E-state index contributed by atoms with van der Waals surface area (Å²) in [5, 5.41) is 8.62. The summed E-state index contributed by atoms with van der Waals surface area (Å²) in [5.74, 6) is -0.868. The Bertz CT molecular complexity index is 271. The van der Waals surface area contributed by atoms with Gasteiger partial charge in [0.05, 0.1) is 6.61 Å². The fourth-order valence-electron chi connectivity index (χ4n) is 2.25. The van der Waals surface area contributed by atoms with Gasteiger partial charge in [0.1, 0.15) is 0 Å². The van der Waals surface area contributed by atoms with E-state index in [1.54, 1.807) is 0 Å². The lowest BCUT2D eigenvalue weighted by atomic mass is 9.98. The zero-order valence-electron chi connectivity index (χ0n) is 10.1. The average molecular weight is 269 g/mol. The Morgan fingerprint density at radius 3 is 2.72 bits per heavy atom. The van der Waals surface area contributed by atoms with Crippen LogP contribution in [-0.2, 0) is 9.53 Å². The normalized spacial score (nSPS) is 22.1. The molecule has 0 aromatic rings. The number of carboxylic acid groups (broad SMARTS) is 1. The molecule has 0 saturated carbocycles. The van der Waals surface area contributed by atoms with Gasteiger partial charge in [-0.05, 0) is 25.8 Å². The highest BCUT2D eigenvalue weighted by atomic mass is 19.4. The van der Waals surface area contributed by atoms with Gasteiger partial charge in [-0.25, -0.2) is 0 Å². The summed E-state index contributed by atoms with van der Waals surface area (Å²) in [6, 6.07) is 0.0617. The Balaban J connectivity index is 2.32. The van der Waals surface area contributed by atoms with E-state index < -0.39 is 18.9 Å². The van der Waals surface area contributed by atoms with Crippen molar-refractivity contribution in [2.75, 3.05) is 19.7 Å². The zero-order valence-corrected chi connectivity index (χ0v) is 10.1. The van der Waals surface area contributed by atoms with Gasteiger partial charge >= 0.3 is 12.3 Å². The third kappa shape index (κ3) is 6.20. The molecule has 1 aliphatic heterocycles. The van der Waals surface area contributed by atoms with Crippen LogP contribution in [0.15, 0.2) is 0 Å². The SMILES string of the molecule is O=C(O)CCC1CCCCN1CCOC(F)(F)F. The molecule has 4 nitrogen and oxygen atoms in total. The predicted octanol–water partition coefficient (Wildman–Crippen LogP) is 2.24. The lowest BCUT2D eigenvalue weighted by Crippen LogP contribution is -2.42. The largest absolute Gasteiger partial charge is 0.522 e. The number of piperidine rings is 1. The van der Waals surface area contributed by atoms with Gasteiger partial charge in [-0.1, -0.05) is 6.42 Å². The molecule has 0 aromatic heterocycles. The Morgan fingerprint density at radius 2 is 2.11 bits per heavy atom. The minimum absolute atomic E-state index is 0.0568. The molecular weight excluding hydrogens is 251 g/mol. The molecule has 106 valence electrons. The van der Waals surface area contributed by atoms with E-state index in [4.69, 9.17) is 5.11 Å². The van der Waals surface area contributed by atoms with Gasteiger partial charge in [-0.15, -0.1) is 13.2 Å². The van der Waals surface area contributed by atoms with Gasteiger partial charge in [0, 0.05) is 19.0 Å². The van der Waals surface area contributed by atoms with Crippen LogP contribution in [0.2, 0.25) is 0 Å². The molecule has 0 spiro atoms. The summed E-state index contributed by atoms with van der Waals surface area (Å²) in [5.41, 5.74) is 0. The van der Waals surface area contributed by atoms with Crippen LogP contribution in [0.4, 0.5) is 13.2 Å². The quantitative estimate of drug-likeness (QED) is 0.803. The molecule has 1 rings (SSSR count). The van der Waals surface area contributed by atoms with E-state index in [9.17, 15) is 18.0 Å². The number of ether oxygens (including phenoxy) is 1. The van der Waals surface area contributed by atoms with Crippen LogP contribution in [0.5, 0.6) is 0 Å². The molecule has 0 bridgehead atoms. The van der Waals surface area contributed by atoms with Crippen molar-refractivity contribution in [1.82, 2.24) is 4.90 Å². The van der Waals surface area contributed by atoms with E-state index in [2.05, 4.69) is 4.74 Å². The van der Waals surface area contributed by atoms with Crippen molar-refractivity contribution in [2.45, 2.75) is 44.5 Å². The fraction of sp³-hybridized carbons (Fsp3) is 0.909. The number of likely N-dealkylation sites (tertiary alicyclic amines) is 1. The Morgan fingerprint density at radius 1 is 1.39 bits per heavy atom. The second-order valence-corrected chi connectivity index (χ2v) is 4.41. The average Bonchev–Trinajstić information content (AvgIpc) is 2.26. The number of halogens is 3. The first-order chi connectivity index (χ1) is 8.38. The maximum Gasteiger partial charge on any atom is 0.522 e. The number of hydrogen-bond donors (Lipinski definition) is 1. The number of rotatable bonds is 6. The molecule has 0 aromatic carbocycles. The van der Waals surface area contributed by atoms with Crippen LogP contribution in [0.25, 0.3) is 0 Å². The van der Waals surface area contributed by atoms with Gasteiger partial charge in [0.15, 0.2) is 0 Å². The molecule has 1 heterocycles. The number of carbonyl (C=O) groups is 1. The van der Waals surface area contributed by atoms with Crippen LogP contribution in [0, 0.1) is 0 Å². The highest BCUT2D eigenvalue weighted by molar-refractivity contribution is 5.66. The van der Waals surface area contributed by atoms with Crippen LogP contribution >= 0.6 is 0 Å². The molecule has 1 N–H and O–H groups in total. The number of aliphatic carboxylic acids is 1. The first-order valence-electron chi connectivity index (χ1n) is 6.05. The first-order valence-corrected chi connectivity index (χ1v) is 6.05. The summed E-state index contributed by atoms with van der Waals surface area (Å²) in [6.45, 7) is 0.516. The Kier molecular flexibility index (Phi) is 5.87. The van der Waals surface area contributed by atoms with Gasteiger partial charge in [0.25, 0.3) is 0 Å². The highest BCUT2D eigenvalue weighted by Gasteiger charge is 2.30. The maximum absolute atomic E-state index is 11.8. The van der Waals surface area contributed by atoms with Gasteiger partial charge < -0.3 is 5.11 Å². The van der Waals surface area contributed by atoms with Crippen molar-refractivity contribution in [2.24, 2.45) is 0 Å². The van der Waals surface area contributed by atoms with Crippen molar-refractivity contribution < 1.29 is 27.8 Å². The zero-order chi connectivity index (χ0) is 13.6. The molecule has 18 heavy (non-hydrogen) atoms. The number of alkyl halides is 3. The van der Waals surface area contributed by atoms with Crippen LogP contribution < -0.4 is 0 Å². The maximum atomic E-state index is 11.8. The van der Waals surface area contributed by atoms with Crippen molar-refractivity contribution >= 4 is 5.97 Å². The van der Waals surface area contributed by atoms with E-state index in [1.807, 2.05) is 4.90 Å². The minimum atomic E-state index is -4.59. The van der Waals surface area contributed by atoms with Crippen molar-refractivity contribution in [3.8, 4) is 0 Å². The Hall–Kier alpha value is -0.820. The monoisotopic (exact) mass is 269 g/mol. The standard InChI is InChI=1S/C11H18F3NO3/c12-11(13,14)18-8-7-15-6-2-1-3-9(15)4-5-10(16)17/h9H,1-8H2,(H,16,17). The molecule has 1 fully saturated rings. The van der Waals surface area contributed by atoms with Gasteiger partial charge in [-0.3, -0.25) is 14.4 Å². The molecule has 0 amide bonds. The highest BCUT2D eigenvalue weighted by Crippen LogP contribution is 2.21. The van der Waals surface area contributed by atoms with Crippen molar-refractivity contribution in [3.63, 3.8) is 0 Å². The third-order valence-corrected chi connectivity index (χ3v) is 3.08. The summed E-state index contributed by atoms with van der Waals surface area (Å²) >= 11 is 0. The van der Waals surface area contributed by atoms with E-state index in [1.165, 1.54) is 0 Å². The summed E-state index contributed by atoms with van der Waals surface area (Å²) in [6.07, 6.45) is -1.26. The lowest BCUT2D eigenvalue weighted by molar-refractivity contribution is -0.325.